The second-order valence-electron chi connectivity index (χ2n) is 4.57. The van der Waals surface area contributed by atoms with E-state index in [0.717, 1.165) is 10.6 Å². The molecule has 0 fully saturated rings. The predicted molar refractivity (Wildman–Crippen MR) is 80.2 cm³/mol. The van der Waals surface area contributed by atoms with Crippen LogP contribution in [0.3, 0.4) is 0 Å². The summed E-state index contributed by atoms with van der Waals surface area (Å²) in [6.45, 7) is 4.09. The van der Waals surface area contributed by atoms with Crippen molar-refractivity contribution in [2.45, 2.75) is 31.2 Å². The maximum atomic E-state index is 11.5. The summed E-state index contributed by atoms with van der Waals surface area (Å²) in [5, 5.41) is 13.7. The Morgan fingerprint density at radius 3 is 2.55 bits per heavy atom. The first-order valence-corrected chi connectivity index (χ1v) is 7.41. The molecule has 5 nitrogen and oxygen atoms in total. The zero-order valence-corrected chi connectivity index (χ0v) is 12.5. The molecule has 0 spiro atoms. The maximum absolute atomic E-state index is 11.5. The first kappa shape index (κ1) is 16.4. The van der Waals surface area contributed by atoms with Crippen LogP contribution in [-0.2, 0) is 4.79 Å². The molecule has 0 saturated heterocycles. The summed E-state index contributed by atoms with van der Waals surface area (Å²) in [5.41, 5.74) is 1.22. The lowest BCUT2D eigenvalue weighted by molar-refractivity contribution is -0.136. The molecule has 0 saturated carbocycles. The van der Waals surface area contributed by atoms with E-state index in [-0.39, 0.29) is 25.0 Å². The zero-order valence-electron chi connectivity index (χ0n) is 11.7. The molecule has 0 radical (unpaired) electrons. The summed E-state index contributed by atoms with van der Waals surface area (Å²) in [6, 6.07) is 7.89. The Kier molecular flexibility index (Phi) is 6.93. The minimum atomic E-state index is -0.923. The minimum Gasteiger partial charge on any atom is -0.481 e. The molecule has 0 bridgehead atoms. The molecular formula is C14H20N2O3S. The number of carboxylic acid groups (broad SMARTS) is 1. The monoisotopic (exact) mass is 296 g/mol. The van der Waals surface area contributed by atoms with E-state index in [0.29, 0.717) is 0 Å². The molecule has 2 amide bonds. The van der Waals surface area contributed by atoms with Crippen LogP contribution in [0.5, 0.6) is 0 Å². The fourth-order valence-corrected chi connectivity index (χ4v) is 2.31. The van der Waals surface area contributed by atoms with E-state index in [2.05, 4.69) is 34.9 Å². The lowest BCUT2D eigenvalue weighted by Gasteiger charge is -2.14. The maximum Gasteiger partial charge on any atom is 0.315 e. The summed E-state index contributed by atoms with van der Waals surface area (Å²) in [4.78, 5) is 22.9. The van der Waals surface area contributed by atoms with Crippen LogP contribution in [0.1, 0.15) is 18.9 Å². The normalized spacial score (nSPS) is 11.7. The van der Waals surface area contributed by atoms with Crippen molar-refractivity contribution in [1.82, 2.24) is 10.6 Å². The molecule has 1 unspecified atom stereocenters. The quantitative estimate of drug-likeness (QED) is 0.674. The van der Waals surface area contributed by atoms with Crippen LogP contribution in [0.2, 0.25) is 0 Å². The summed E-state index contributed by atoms with van der Waals surface area (Å²) in [6.07, 6.45) is -0.0695. The van der Waals surface area contributed by atoms with Crippen LogP contribution in [0, 0.1) is 6.92 Å². The molecule has 20 heavy (non-hydrogen) atoms. The summed E-state index contributed by atoms with van der Waals surface area (Å²) < 4.78 is 0. The Morgan fingerprint density at radius 2 is 1.95 bits per heavy atom. The van der Waals surface area contributed by atoms with Crippen molar-refractivity contribution in [2.75, 3.05) is 12.3 Å². The van der Waals surface area contributed by atoms with E-state index >= 15 is 0 Å². The van der Waals surface area contributed by atoms with E-state index in [1.165, 1.54) is 5.56 Å². The SMILES string of the molecule is Cc1ccc(SCC(C)NC(=O)NCCC(=O)O)cc1. The first-order valence-electron chi connectivity index (χ1n) is 6.43. The van der Waals surface area contributed by atoms with E-state index in [1.807, 2.05) is 13.8 Å². The van der Waals surface area contributed by atoms with Gasteiger partial charge < -0.3 is 15.7 Å². The van der Waals surface area contributed by atoms with Gasteiger partial charge >= 0.3 is 12.0 Å². The van der Waals surface area contributed by atoms with Crippen molar-refractivity contribution in [1.29, 1.82) is 0 Å². The van der Waals surface area contributed by atoms with Gasteiger partial charge in [0.05, 0.1) is 6.42 Å². The molecule has 0 aliphatic rings. The number of urea groups is 1. The molecule has 1 aromatic carbocycles. The summed E-state index contributed by atoms with van der Waals surface area (Å²) in [7, 11) is 0. The fraction of sp³-hybridized carbons (Fsp3) is 0.429. The van der Waals surface area contributed by atoms with Gasteiger partial charge in [-0.1, -0.05) is 17.7 Å². The number of rotatable bonds is 7. The highest BCUT2D eigenvalue weighted by Gasteiger charge is 2.07. The van der Waals surface area contributed by atoms with E-state index in [4.69, 9.17) is 5.11 Å². The third kappa shape index (κ3) is 7.04. The van der Waals surface area contributed by atoms with Gasteiger partial charge in [0.2, 0.25) is 0 Å². The molecule has 0 aliphatic heterocycles. The molecule has 1 aromatic rings. The van der Waals surface area contributed by atoms with Crippen LogP contribution < -0.4 is 10.6 Å². The van der Waals surface area contributed by atoms with Gasteiger partial charge in [0.1, 0.15) is 0 Å². The number of hydrogen-bond acceptors (Lipinski definition) is 3. The summed E-state index contributed by atoms with van der Waals surface area (Å²) >= 11 is 1.67. The number of aliphatic carboxylic acids is 1. The van der Waals surface area contributed by atoms with E-state index < -0.39 is 5.97 Å². The van der Waals surface area contributed by atoms with Crippen LogP contribution in [0.15, 0.2) is 29.2 Å². The third-order valence-corrected chi connectivity index (χ3v) is 3.80. The molecule has 3 N–H and O–H groups in total. The summed E-state index contributed by atoms with van der Waals surface area (Å²) in [5.74, 6) is -0.164. The van der Waals surface area contributed by atoms with Crippen molar-refractivity contribution in [3.05, 3.63) is 29.8 Å². The van der Waals surface area contributed by atoms with Gasteiger partial charge in [0.15, 0.2) is 0 Å². The number of carbonyl (C=O) groups is 2. The lowest BCUT2D eigenvalue weighted by Crippen LogP contribution is -2.42. The number of hydrogen-bond donors (Lipinski definition) is 3. The predicted octanol–water partition coefficient (Wildman–Crippen LogP) is 2.25. The van der Waals surface area contributed by atoms with Gasteiger partial charge in [-0.2, -0.15) is 0 Å². The topological polar surface area (TPSA) is 78.4 Å². The molecule has 110 valence electrons. The number of carboxylic acids is 1. The average Bonchev–Trinajstić information content (AvgIpc) is 2.37. The third-order valence-electron chi connectivity index (χ3n) is 2.52. The standard InChI is InChI=1S/C14H20N2O3S/c1-10-3-5-12(6-4-10)20-9-11(2)16-14(19)15-8-7-13(17)18/h3-6,11H,7-9H2,1-2H3,(H,17,18)(H2,15,16,19). The van der Waals surface area contributed by atoms with Crippen LogP contribution >= 0.6 is 11.8 Å². The number of benzene rings is 1. The van der Waals surface area contributed by atoms with Gasteiger partial charge in [0.25, 0.3) is 0 Å². The van der Waals surface area contributed by atoms with Gasteiger partial charge in [-0.3, -0.25) is 4.79 Å². The number of carbonyl (C=O) groups excluding carboxylic acids is 1. The Bertz CT molecular complexity index is 448. The van der Waals surface area contributed by atoms with Crippen LogP contribution in [0.25, 0.3) is 0 Å². The molecule has 1 rings (SSSR count). The van der Waals surface area contributed by atoms with Crippen molar-refractivity contribution >= 4 is 23.8 Å². The first-order chi connectivity index (χ1) is 9.47. The minimum absolute atomic E-state index is 0.00568. The Hall–Kier alpha value is -1.69. The van der Waals surface area contributed by atoms with Gasteiger partial charge in [-0.05, 0) is 26.0 Å². The van der Waals surface area contributed by atoms with Gasteiger partial charge in [-0.25, -0.2) is 4.79 Å². The van der Waals surface area contributed by atoms with Crippen molar-refractivity contribution < 1.29 is 14.7 Å². The highest BCUT2D eigenvalue weighted by molar-refractivity contribution is 7.99. The molecule has 1 atom stereocenters. The van der Waals surface area contributed by atoms with E-state index in [9.17, 15) is 9.59 Å². The molecule has 0 heterocycles. The number of aryl methyl sites for hydroxylation is 1. The van der Waals surface area contributed by atoms with Crippen LogP contribution in [-0.4, -0.2) is 35.4 Å². The highest BCUT2D eigenvalue weighted by atomic mass is 32.2. The Labute approximate surface area is 123 Å². The number of amides is 2. The van der Waals surface area contributed by atoms with E-state index in [1.54, 1.807) is 11.8 Å². The molecular weight excluding hydrogens is 276 g/mol. The number of nitrogens with one attached hydrogen (secondary N) is 2. The van der Waals surface area contributed by atoms with Gasteiger partial charge in [0, 0.05) is 23.2 Å². The van der Waals surface area contributed by atoms with Crippen LogP contribution in [0.4, 0.5) is 4.79 Å². The number of thioether (sulfide) groups is 1. The second kappa shape index (κ2) is 8.47. The highest BCUT2D eigenvalue weighted by Crippen LogP contribution is 2.18. The Balaban J connectivity index is 2.22. The molecule has 0 aromatic heterocycles. The van der Waals surface area contributed by atoms with Crippen molar-refractivity contribution in [2.24, 2.45) is 0 Å². The average molecular weight is 296 g/mol. The second-order valence-corrected chi connectivity index (χ2v) is 5.66. The zero-order chi connectivity index (χ0) is 15.0. The smallest absolute Gasteiger partial charge is 0.315 e. The van der Waals surface area contributed by atoms with Gasteiger partial charge in [-0.15, -0.1) is 11.8 Å². The van der Waals surface area contributed by atoms with Crippen molar-refractivity contribution in [3.8, 4) is 0 Å². The largest absolute Gasteiger partial charge is 0.481 e. The fourth-order valence-electron chi connectivity index (χ4n) is 1.46. The molecule has 0 aliphatic carbocycles. The van der Waals surface area contributed by atoms with Crippen molar-refractivity contribution in [3.63, 3.8) is 0 Å². The molecule has 6 heteroatoms. The lowest BCUT2D eigenvalue weighted by atomic mass is 10.2. The Morgan fingerprint density at radius 1 is 1.30 bits per heavy atom.